The van der Waals surface area contributed by atoms with Crippen LogP contribution in [-0.2, 0) is 9.84 Å². The average molecular weight is 478 g/mol. The fourth-order valence-corrected chi connectivity index (χ4v) is 4.76. The first-order valence-electron chi connectivity index (χ1n) is 10.9. The lowest BCUT2D eigenvalue weighted by Crippen LogP contribution is -2.45. The summed E-state index contributed by atoms with van der Waals surface area (Å²) in [6.07, 6.45) is 9.35. The monoisotopic (exact) mass is 477 g/mol. The average Bonchev–Trinajstić information content (AvgIpc) is 3.29. The van der Waals surface area contributed by atoms with Crippen LogP contribution in [0.4, 0.5) is 5.82 Å². The molecule has 0 saturated carbocycles. The number of rotatable bonds is 5. The Morgan fingerprint density at radius 2 is 1.94 bits per heavy atom. The van der Waals surface area contributed by atoms with E-state index in [4.69, 9.17) is 0 Å². The summed E-state index contributed by atoms with van der Waals surface area (Å²) >= 11 is 0. The topological polar surface area (TPSA) is 123 Å². The minimum atomic E-state index is -3.28. The molecule has 5 rings (SSSR count). The van der Waals surface area contributed by atoms with Gasteiger partial charge in [-0.05, 0) is 49.2 Å². The number of benzene rings is 1. The number of sulfone groups is 1. The number of pyridine rings is 1. The van der Waals surface area contributed by atoms with Crippen molar-refractivity contribution in [3.05, 3.63) is 66.9 Å². The van der Waals surface area contributed by atoms with Gasteiger partial charge in [0, 0.05) is 37.8 Å². The van der Waals surface area contributed by atoms with Crippen molar-refractivity contribution in [2.75, 3.05) is 24.7 Å². The van der Waals surface area contributed by atoms with E-state index in [1.807, 2.05) is 4.90 Å². The molecule has 0 bridgehead atoms. The van der Waals surface area contributed by atoms with Crippen molar-refractivity contribution < 1.29 is 13.2 Å². The van der Waals surface area contributed by atoms with Gasteiger partial charge in [0.1, 0.15) is 12.1 Å². The highest BCUT2D eigenvalue weighted by molar-refractivity contribution is 7.90. The van der Waals surface area contributed by atoms with Crippen LogP contribution in [-0.4, -0.2) is 69.3 Å². The van der Waals surface area contributed by atoms with Crippen LogP contribution >= 0.6 is 0 Å². The fourth-order valence-electron chi connectivity index (χ4n) is 4.13. The molecule has 34 heavy (non-hydrogen) atoms. The quantitative estimate of drug-likeness (QED) is 0.465. The van der Waals surface area contributed by atoms with Crippen molar-refractivity contribution in [3.8, 4) is 5.69 Å². The molecule has 1 amide bonds. The van der Waals surface area contributed by atoms with Crippen LogP contribution in [0.2, 0.25) is 0 Å². The highest BCUT2D eigenvalue weighted by atomic mass is 32.2. The first-order chi connectivity index (χ1) is 16.4. The van der Waals surface area contributed by atoms with Gasteiger partial charge in [-0.15, -0.1) is 0 Å². The number of aromatic nitrogens is 5. The molecule has 1 aliphatic rings. The summed E-state index contributed by atoms with van der Waals surface area (Å²) in [5, 5.41) is 8.65. The number of carbonyl (C=O) groups excluding carboxylic acids is 1. The number of fused-ring (bicyclic) bond motifs is 1. The lowest BCUT2D eigenvalue weighted by molar-refractivity contribution is 0.0714. The van der Waals surface area contributed by atoms with Crippen LogP contribution in [0.5, 0.6) is 0 Å². The molecule has 10 nitrogen and oxygen atoms in total. The second-order valence-electron chi connectivity index (χ2n) is 8.26. The van der Waals surface area contributed by atoms with Gasteiger partial charge in [-0.1, -0.05) is 0 Å². The zero-order valence-corrected chi connectivity index (χ0v) is 19.3. The molecule has 1 saturated heterocycles. The third-order valence-corrected chi connectivity index (χ3v) is 6.96. The van der Waals surface area contributed by atoms with Crippen molar-refractivity contribution in [2.24, 2.45) is 0 Å². The van der Waals surface area contributed by atoms with Gasteiger partial charge in [-0.3, -0.25) is 9.78 Å². The third kappa shape index (κ3) is 4.34. The number of nitrogens with zero attached hydrogens (tertiary/aromatic N) is 6. The van der Waals surface area contributed by atoms with Crippen LogP contribution in [0.25, 0.3) is 16.7 Å². The highest BCUT2D eigenvalue weighted by Crippen LogP contribution is 2.25. The number of likely N-dealkylation sites (tertiary alicyclic amines) is 1. The highest BCUT2D eigenvalue weighted by Gasteiger charge is 2.25. The van der Waals surface area contributed by atoms with Crippen LogP contribution < -0.4 is 5.32 Å². The summed E-state index contributed by atoms with van der Waals surface area (Å²) in [6, 6.07) is 10.1. The predicted octanol–water partition coefficient (Wildman–Crippen LogP) is 2.33. The second-order valence-corrected chi connectivity index (χ2v) is 10.3. The van der Waals surface area contributed by atoms with E-state index >= 15 is 0 Å². The Balaban J connectivity index is 1.37. The molecular formula is C23H23N7O3S. The van der Waals surface area contributed by atoms with Crippen LogP contribution in [0.3, 0.4) is 0 Å². The van der Waals surface area contributed by atoms with Gasteiger partial charge in [-0.25, -0.2) is 23.1 Å². The summed E-state index contributed by atoms with van der Waals surface area (Å²) < 4.78 is 25.1. The van der Waals surface area contributed by atoms with Crippen LogP contribution in [0.1, 0.15) is 23.2 Å². The summed E-state index contributed by atoms with van der Waals surface area (Å²) in [6.45, 7) is 1.26. The van der Waals surface area contributed by atoms with E-state index in [-0.39, 0.29) is 16.8 Å². The van der Waals surface area contributed by atoms with E-state index in [0.29, 0.717) is 35.8 Å². The first-order valence-corrected chi connectivity index (χ1v) is 12.7. The second kappa shape index (κ2) is 8.82. The maximum Gasteiger partial charge on any atom is 0.255 e. The SMILES string of the molecule is CS(=O)(=O)c1ccc(-n2ncc3c(NC4CCCN(C(=O)c5cccnc5)C4)ncnc32)cc1. The van der Waals surface area contributed by atoms with Gasteiger partial charge < -0.3 is 10.2 Å². The summed E-state index contributed by atoms with van der Waals surface area (Å²) in [7, 11) is -3.28. The number of amides is 1. The molecule has 1 unspecified atom stereocenters. The fraction of sp³-hybridized carbons (Fsp3) is 0.261. The maximum absolute atomic E-state index is 12.8. The van der Waals surface area contributed by atoms with Crippen LogP contribution in [0, 0.1) is 0 Å². The first kappa shape index (κ1) is 22.0. The Morgan fingerprint density at radius 1 is 1.12 bits per heavy atom. The number of carbonyl (C=O) groups is 1. The Kier molecular flexibility index (Phi) is 5.70. The molecular weight excluding hydrogens is 454 g/mol. The maximum atomic E-state index is 12.8. The Morgan fingerprint density at radius 3 is 2.68 bits per heavy atom. The molecule has 1 aromatic carbocycles. The molecule has 3 aromatic heterocycles. The molecule has 0 spiro atoms. The molecule has 4 aromatic rings. The molecule has 174 valence electrons. The van der Waals surface area contributed by atoms with E-state index in [0.717, 1.165) is 18.2 Å². The van der Waals surface area contributed by atoms with Crippen molar-refractivity contribution in [1.29, 1.82) is 0 Å². The summed E-state index contributed by atoms with van der Waals surface area (Å²) in [5.74, 6) is 0.613. The van der Waals surface area contributed by atoms with Gasteiger partial charge in [-0.2, -0.15) is 5.10 Å². The lowest BCUT2D eigenvalue weighted by Gasteiger charge is -2.33. The molecule has 1 N–H and O–H groups in total. The molecule has 0 aliphatic carbocycles. The van der Waals surface area contributed by atoms with E-state index in [9.17, 15) is 13.2 Å². The predicted molar refractivity (Wildman–Crippen MR) is 127 cm³/mol. The van der Waals surface area contributed by atoms with E-state index in [2.05, 4.69) is 25.4 Å². The molecule has 11 heteroatoms. The van der Waals surface area contributed by atoms with Crippen molar-refractivity contribution in [3.63, 3.8) is 0 Å². The number of hydrogen-bond acceptors (Lipinski definition) is 8. The van der Waals surface area contributed by atoms with Gasteiger partial charge >= 0.3 is 0 Å². The largest absolute Gasteiger partial charge is 0.365 e. The molecule has 0 radical (unpaired) electrons. The van der Waals surface area contributed by atoms with Gasteiger partial charge in [0.25, 0.3) is 5.91 Å². The van der Waals surface area contributed by atoms with E-state index in [1.165, 1.54) is 12.6 Å². The van der Waals surface area contributed by atoms with Crippen molar-refractivity contribution in [1.82, 2.24) is 29.6 Å². The smallest absolute Gasteiger partial charge is 0.255 e. The van der Waals surface area contributed by atoms with Gasteiger partial charge in [0.15, 0.2) is 15.5 Å². The molecule has 1 fully saturated rings. The molecule has 1 aliphatic heterocycles. The number of piperidine rings is 1. The summed E-state index contributed by atoms with van der Waals surface area (Å²) in [5.41, 5.74) is 1.87. The van der Waals surface area contributed by atoms with Gasteiger partial charge in [0.05, 0.1) is 27.7 Å². The minimum absolute atomic E-state index is 0.0298. The van der Waals surface area contributed by atoms with E-state index in [1.54, 1.807) is 59.7 Å². The third-order valence-electron chi connectivity index (χ3n) is 5.83. The Hall–Kier alpha value is -3.86. The Bertz CT molecular complexity index is 1440. The zero-order valence-electron chi connectivity index (χ0n) is 18.5. The van der Waals surface area contributed by atoms with E-state index < -0.39 is 9.84 Å². The minimum Gasteiger partial charge on any atom is -0.365 e. The Labute approximate surface area is 196 Å². The standard InChI is InChI=1S/C23H23N7O3S/c1-34(32,33)19-8-6-18(7-9-19)30-22-20(13-27-30)21(25-15-26-22)28-17-5-3-11-29(14-17)23(31)16-4-2-10-24-12-16/h2,4,6-10,12-13,15,17H,3,5,11,14H2,1H3,(H,25,26,28). The van der Waals surface area contributed by atoms with Gasteiger partial charge in [0.2, 0.25) is 0 Å². The lowest BCUT2D eigenvalue weighted by atomic mass is 10.0. The normalized spacial score (nSPS) is 16.5. The zero-order chi connectivity index (χ0) is 23.7. The number of nitrogens with one attached hydrogen (secondary N) is 1. The van der Waals surface area contributed by atoms with Crippen molar-refractivity contribution >= 4 is 32.6 Å². The molecule has 1 atom stereocenters. The van der Waals surface area contributed by atoms with Crippen LogP contribution in [0.15, 0.2) is 66.2 Å². The molecule has 4 heterocycles. The number of hydrogen-bond donors (Lipinski definition) is 1. The summed E-state index contributed by atoms with van der Waals surface area (Å²) in [4.78, 5) is 27.8. The number of anilines is 1. The van der Waals surface area contributed by atoms with Crippen molar-refractivity contribution in [2.45, 2.75) is 23.8 Å².